The van der Waals surface area contributed by atoms with Crippen molar-refractivity contribution in [2.24, 2.45) is 5.73 Å². The highest BCUT2D eigenvalue weighted by atomic mass is 127. The van der Waals surface area contributed by atoms with E-state index in [0.29, 0.717) is 6.54 Å². The SMILES string of the molecule is NCCCNc1ccc([N+](=O)[O-])cc1I. The van der Waals surface area contributed by atoms with Gasteiger partial charge >= 0.3 is 0 Å². The van der Waals surface area contributed by atoms with E-state index in [-0.39, 0.29) is 5.69 Å². The highest BCUT2D eigenvalue weighted by molar-refractivity contribution is 14.1. The summed E-state index contributed by atoms with van der Waals surface area (Å²) in [5, 5.41) is 13.7. The van der Waals surface area contributed by atoms with Crippen LogP contribution in [0.25, 0.3) is 0 Å². The summed E-state index contributed by atoms with van der Waals surface area (Å²) >= 11 is 2.07. The van der Waals surface area contributed by atoms with Crippen molar-refractivity contribution < 1.29 is 4.92 Å². The summed E-state index contributed by atoms with van der Waals surface area (Å²) in [5.41, 5.74) is 6.39. The lowest BCUT2D eigenvalue weighted by Crippen LogP contribution is -2.09. The number of non-ortho nitro benzene ring substituents is 1. The molecule has 0 aliphatic carbocycles. The Morgan fingerprint density at radius 3 is 2.80 bits per heavy atom. The first-order valence-electron chi connectivity index (χ1n) is 4.53. The summed E-state index contributed by atoms with van der Waals surface area (Å²) in [6, 6.07) is 4.76. The van der Waals surface area contributed by atoms with Crippen molar-refractivity contribution >= 4 is 34.0 Å². The standard InChI is InChI=1S/C9H12IN3O2/c10-8-6-7(13(14)15)2-3-9(8)12-5-1-4-11/h2-3,6,12H,1,4-5,11H2. The van der Waals surface area contributed by atoms with Crippen LogP contribution in [0.4, 0.5) is 11.4 Å². The van der Waals surface area contributed by atoms with Gasteiger partial charge in [0, 0.05) is 27.9 Å². The van der Waals surface area contributed by atoms with Crippen molar-refractivity contribution in [1.82, 2.24) is 0 Å². The molecule has 0 bridgehead atoms. The fourth-order valence-electron chi connectivity index (χ4n) is 1.09. The lowest BCUT2D eigenvalue weighted by atomic mass is 10.3. The molecule has 0 aliphatic rings. The van der Waals surface area contributed by atoms with Crippen LogP contribution in [-0.4, -0.2) is 18.0 Å². The van der Waals surface area contributed by atoms with Crippen LogP contribution in [0.3, 0.4) is 0 Å². The molecule has 0 fully saturated rings. The van der Waals surface area contributed by atoms with E-state index in [1.54, 1.807) is 12.1 Å². The van der Waals surface area contributed by atoms with Crippen LogP contribution in [0, 0.1) is 13.7 Å². The minimum Gasteiger partial charge on any atom is -0.384 e. The van der Waals surface area contributed by atoms with Crippen LogP contribution in [0.1, 0.15) is 6.42 Å². The van der Waals surface area contributed by atoms with E-state index in [2.05, 4.69) is 27.9 Å². The molecular weight excluding hydrogens is 309 g/mol. The highest BCUT2D eigenvalue weighted by Gasteiger charge is 2.08. The van der Waals surface area contributed by atoms with Gasteiger partial charge in [-0.25, -0.2) is 0 Å². The van der Waals surface area contributed by atoms with E-state index in [9.17, 15) is 10.1 Å². The van der Waals surface area contributed by atoms with Gasteiger partial charge in [0.1, 0.15) is 0 Å². The summed E-state index contributed by atoms with van der Waals surface area (Å²) < 4.78 is 0.846. The topological polar surface area (TPSA) is 81.2 Å². The van der Waals surface area contributed by atoms with Crippen molar-refractivity contribution in [2.45, 2.75) is 6.42 Å². The molecule has 5 nitrogen and oxygen atoms in total. The normalized spacial score (nSPS) is 10.0. The van der Waals surface area contributed by atoms with Crippen molar-refractivity contribution in [3.8, 4) is 0 Å². The van der Waals surface area contributed by atoms with Crippen molar-refractivity contribution in [3.05, 3.63) is 31.9 Å². The minimum absolute atomic E-state index is 0.115. The molecule has 0 aromatic heterocycles. The van der Waals surface area contributed by atoms with Gasteiger partial charge in [-0.15, -0.1) is 0 Å². The fraction of sp³-hybridized carbons (Fsp3) is 0.333. The Hall–Kier alpha value is -0.890. The van der Waals surface area contributed by atoms with Crippen molar-refractivity contribution in [2.75, 3.05) is 18.4 Å². The molecule has 0 spiro atoms. The maximum atomic E-state index is 10.5. The summed E-state index contributed by atoms with van der Waals surface area (Å²) in [6.45, 7) is 1.42. The predicted molar refractivity (Wildman–Crippen MR) is 68.0 cm³/mol. The lowest BCUT2D eigenvalue weighted by Gasteiger charge is -2.07. The van der Waals surface area contributed by atoms with E-state index in [4.69, 9.17) is 5.73 Å². The zero-order valence-corrected chi connectivity index (χ0v) is 10.2. The molecule has 0 radical (unpaired) electrons. The van der Waals surface area contributed by atoms with E-state index in [0.717, 1.165) is 22.2 Å². The van der Waals surface area contributed by atoms with E-state index >= 15 is 0 Å². The molecule has 1 aromatic carbocycles. The van der Waals surface area contributed by atoms with Gasteiger partial charge in [-0.1, -0.05) is 0 Å². The molecule has 0 saturated heterocycles. The van der Waals surface area contributed by atoms with Crippen molar-refractivity contribution in [1.29, 1.82) is 0 Å². The van der Waals surface area contributed by atoms with Crippen LogP contribution in [0.2, 0.25) is 0 Å². The molecule has 0 aliphatic heterocycles. The van der Waals surface area contributed by atoms with Crippen LogP contribution in [0.15, 0.2) is 18.2 Å². The molecule has 82 valence electrons. The number of nitro benzene ring substituents is 1. The third-order valence-corrected chi connectivity index (χ3v) is 2.75. The van der Waals surface area contributed by atoms with Crippen molar-refractivity contribution in [3.63, 3.8) is 0 Å². The maximum Gasteiger partial charge on any atom is 0.270 e. The highest BCUT2D eigenvalue weighted by Crippen LogP contribution is 2.23. The molecule has 15 heavy (non-hydrogen) atoms. The van der Waals surface area contributed by atoms with E-state index in [1.807, 2.05) is 0 Å². The number of anilines is 1. The van der Waals surface area contributed by atoms with Gasteiger partial charge in [-0.3, -0.25) is 10.1 Å². The Morgan fingerprint density at radius 2 is 2.27 bits per heavy atom. The van der Waals surface area contributed by atoms with Crippen LogP contribution >= 0.6 is 22.6 Å². The summed E-state index contributed by atoms with van der Waals surface area (Å²) in [7, 11) is 0. The number of nitrogens with one attached hydrogen (secondary N) is 1. The molecule has 6 heteroatoms. The average Bonchev–Trinajstić information content (AvgIpc) is 2.20. The third kappa shape index (κ3) is 3.63. The summed E-state index contributed by atoms with van der Waals surface area (Å²) in [5.74, 6) is 0. The van der Waals surface area contributed by atoms with E-state index in [1.165, 1.54) is 6.07 Å². The number of halogens is 1. The van der Waals surface area contributed by atoms with Gasteiger partial charge < -0.3 is 11.1 Å². The second-order valence-corrected chi connectivity index (χ2v) is 4.15. The Kier molecular flexibility index (Phi) is 4.76. The quantitative estimate of drug-likeness (QED) is 0.376. The number of rotatable bonds is 5. The predicted octanol–water partition coefficient (Wildman–Crippen LogP) is 1.96. The zero-order chi connectivity index (χ0) is 11.3. The molecule has 0 heterocycles. The number of nitro groups is 1. The molecular formula is C9H12IN3O2. The van der Waals surface area contributed by atoms with Gasteiger partial charge in [0.05, 0.1) is 4.92 Å². The second kappa shape index (κ2) is 5.86. The molecule has 0 atom stereocenters. The monoisotopic (exact) mass is 321 g/mol. The number of hydrogen-bond donors (Lipinski definition) is 2. The largest absolute Gasteiger partial charge is 0.384 e. The number of nitrogens with two attached hydrogens (primary N) is 1. The average molecular weight is 321 g/mol. The molecule has 1 aromatic rings. The van der Waals surface area contributed by atoms with Gasteiger partial charge in [-0.2, -0.15) is 0 Å². The Bertz CT molecular complexity index is 357. The number of benzene rings is 1. The first kappa shape index (κ1) is 12.2. The Morgan fingerprint density at radius 1 is 1.53 bits per heavy atom. The third-order valence-electron chi connectivity index (χ3n) is 1.86. The van der Waals surface area contributed by atoms with Gasteiger partial charge in [-0.05, 0) is 41.6 Å². The molecule has 3 N–H and O–H groups in total. The summed E-state index contributed by atoms with van der Waals surface area (Å²) in [4.78, 5) is 10.1. The smallest absolute Gasteiger partial charge is 0.270 e. The fourth-order valence-corrected chi connectivity index (χ4v) is 1.78. The number of nitrogens with zero attached hydrogens (tertiary/aromatic N) is 1. The molecule has 1 rings (SSSR count). The lowest BCUT2D eigenvalue weighted by molar-refractivity contribution is -0.384. The van der Waals surface area contributed by atoms with Gasteiger partial charge in [0.2, 0.25) is 0 Å². The molecule has 0 saturated carbocycles. The summed E-state index contributed by atoms with van der Waals surface area (Å²) in [6.07, 6.45) is 0.882. The van der Waals surface area contributed by atoms with Gasteiger partial charge in [0.15, 0.2) is 0 Å². The van der Waals surface area contributed by atoms with Crippen LogP contribution < -0.4 is 11.1 Å². The van der Waals surface area contributed by atoms with Crippen LogP contribution in [0.5, 0.6) is 0 Å². The Labute approximate surface area is 101 Å². The minimum atomic E-state index is -0.397. The molecule has 0 amide bonds. The Balaban J connectivity index is 2.70. The first-order chi connectivity index (χ1) is 7.15. The number of hydrogen-bond acceptors (Lipinski definition) is 4. The zero-order valence-electron chi connectivity index (χ0n) is 8.07. The van der Waals surface area contributed by atoms with Gasteiger partial charge in [0.25, 0.3) is 5.69 Å². The molecule has 0 unspecified atom stereocenters. The van der Waals surface area contributed by atoms with Crippen LogP contribution in [-0.2, 0) is 0 Å². The second-order valence-electron chi connectivity index (χ2n) is 2.99. The first-order valence-corrected chi connectivity index (χ1v) is 5.61. The maximum absolute atomic E-state index is 10.5. The van der Waals surface area contributed by atoms with E-state index < -0.39 is 4.92 Å².